The molecule has 2 rings (SSSR count). The minimum Gasteiger partial charge on any atom is -0.328 e. The largest absolute Gasteiger partial charge is 0.328 e. The molecule has 0 heterocycles. The number of aryl methyl sites for hydroxylation is 4. The van der Waals surface area contributed by atoms with Gasteiger partial charge in [0.05, 0.1) is 12.1 Å². The van der Waals surface area contributed by atoms with Crippen molar-refractivity contribution in [1.82, 2.24) is 4.90 Å². The fraction of sp³-hybridized carbons (Fsp3) is 0.500. The molecular weight excluding hydrogens is 381 g/mol. The van der Waals surface area contributed by atoms with Gasteiger partial charge in [0.15, 0.2) is 0 Å². The zero-order chi connectivity index (χ0) is 21.6. The molecule has 0 unspecified atom stereocenters. The van der Waals surface area contributed by atoms with Gasteiger partial charge < -0.3 is 14.3 Å². The smallest absolute Gasteiger partial charge is 0.327 e. The van der Waals surface area contributed by atoms with Gasteiger partial charge in [-0.3, -0.25) is 4.90 Å². The van der Waals surface area contributed by atoms with Gasteiger partial charge in [-0.25, -0.2) is 0 Å². The lowest BCUT2D eigenvalue weighted by molar-refractivity contribution is 0.102. The summed E-state index contributed by atoms with van der Waals surface area (Å²) in [6.45, 7) is 8.90. The third-order valence-corrected chi connectivity index (χ3v) is 6.34. The standard InChI is InChI=1S/C24H36NO3P/c1-7-18-13-11-14-19(8-2)22(18)24(25(5)6,17-28-29(26)27)23-20(9-3)15-12-16-21(23)10-4/h11-16,26-27H,7-10,17H2,1-6H3. The average Bonchev–Trinajstić information content (AvgIpc) is 2.73. The lowest BCUT2D eigenvalue weighted by atomic mass is 9.72. The molecule has 2 aromatic carbocycles. The van der Waals surface area contributed by atoms with Crippen LogP contribution >= 0.6 is 8.60 Å². The number of hydrogen-bond donors (Lipinski definition) is 2. The highest BCUT2D eigenvalue weighted by Crippen LogP contribution is 2.45. The molecule has 0 aliphatic rings. The quantitative estimate of drug-likeness (QED) is 0.536. The maximum atomic E-state index is 9.68. The fourth-order valence-electron chi connectivity index (χ4n) is 4.54. The van der Waals surface area contributed by atoms with Crippen LogP contribution in [0.2, 0.25) is 0 Å². The molecule has 0 saturated carbocycles. The predicted octanol–water partition coefficient (Wildman–Crippen LogP) is 4.97. The molecule has 160 valence electrons. The molecule has 29 heavy (non-hydrogen) atoms. The number of hydrogen-bond acceptors (Lipinski definition) is 4. The van der Waals surface area contributed by atoms with Crippen molar-refractivity contribution in [3.63, 3.8) is 0 Å². The summed E-state index contributed by atoms with van der Waals surface area (Å²) in [5.41, 5.74) is 6.96. The number of likely N-dealkylation sites (N-methyl/N-ethyl adjacent to an activating group) is 1. The highest BCUT2D eigenvalue weighted by atomic mass is 31.2. The maximum absolute atomic E-state index is 9.68. The van der Waals surface area contributed by atoms with E-state index in [0.717, 1.165) is 25.7 Å². The Balaban J connectivity index is 3.00. The van der Waals surface area contributed by atoms with E-state index in [1.165, 1.54) is 33.4 Å². The van der Waals surface area contributed by atoms with Gasteiger partial charge in [0.1, 0.15) is 0 Å². The van der Waals surface area contributed by atoms with Gasteiger partial charge in [-0.05, 0) is 73.2 Å². The zero-order valence-electron chi connectivity index (χ0n) is 18.7. The molecule has 0 aliphatic heterocycles. The summed E-state index contributed by atoms with van der Waals surface area (Å²) in [6, 6.07) is 13.0. The first kappa shape index (κ1) is 24.0. The summed E-state index contributed by atoms with van der Waals surface area (Å²) in [5.74, 6) is 0. The summed E-state index contributed by atoms with van der Waals surface area (Å²) >= 11 is 0. The summed E-state index contributed by atoms with van der Waals surface area (Å²) in [5, 5.41) is 0. The Bertz CT molecular complexity index is 705. The van der Waals surface area contributed by atoms with Gasteiger partial charge in [-0.15, -0.1) is 0 Å². The Morgan fingerprint density at radius 3 is 1.34 bits per heavy atom. The number of nitrogens with zero attached hydrogens (tertiary/aromatic N) is 1. The molecular formula is C24H36NO3P. The van der Waals surface area contributed by atoms with Crippen molar-refractivity contribution in [1.29, 1.82) is 0 Å². The molecule has 0 fully saturated rings. The molecule has 2 aromatic rings. The van der Waals surface area contributed by atoms with E-state index in [4.69, 9.17) is 4.52 Å². The van der Waals surface area contributed by atoms with Crippen LogP contribution in [0.1, 0.15) is 61.1 Å². The number of benzene rings is 2. The lowest BCUT2D eigenvalue weighted by Crippen LogP contribution is -2.49. The Kier molecular flexibility index (Phi) is 8.81. The molecule has 5 heteroatoms. The molecule has 0 saturated heterocycles. The van der Waals surface area contributed by atoms with Crippen molar-refractivity contribution >= 4 is 8.60 Å². The van der Waals surface area contributed by atoms with Crippen LogP contribution in [0.15, 0.2) is 36.4 Å². The van der Waals surface area contributed by atoms with E-state index in [2.05, 4.69) is 83.1 Å². The first-order chi connectivity index (χ1) is 13.9. The predicted molar refractivity (Wildman–Crippen MR) is 122 cm³/mol. The van der Waals surface area contributed by atoms with Gasteiger partial charge in [-0.2, -0.15) is 0 Å². The van der Waals surface area contributed by atoms with Crippen LogP contribution in [0.5, 0.6) is 0 Å². The maximum Gasteiger partial charge on any atom is 0.327 e. The minimum absolute atomic E-state index is 0.187. The van der Waals surface area contributed by atoms with Crippen LogP contribution in [-0.4, -0.2) is 35.4 Å². The van der Waals surface area contributed by atoms with E-state index in [1.54, 1.807) is 0 Å². The third kappa shape index (κ3) is 4.73. The van der Waals surface area contributed by atoms with E-state index in [0.29, 0.717) is 0 Å². The van der Waals surface area contributed by atoms with Crippen LogP contribution in [0.3, 0.4) is 0 Å². The number of rotatable bonds is 10. The van der Waals surface area contributed by atoms with Gasteiger partial charge in [0, 0.05) is 0 Å². The molecule has 0 aliphatic carbocycles. The molecule has 0 bridgehead atoms. The molecule has 0 atom stereocenters. The van der Waals surface area contributed by atoms with E-state index >= 15 is 0 Å². The molecule has 0 amide bonds. The van der Waals surface area contributed by atoms with Gasteiger partial charge in [0.25, 0.3) is 0 Å². The van der Waals surface area contributed by atoms with Crippen LogP contribution in [0.25, 0.3) is 0 Å². The fourth-order valence-corrected chi connectivity index (χ4v) is 4.85. The normalized spacial score (nSPS) is 12.2. The van der Waals surface area contributed by atoms with Crippen molar-refractivity contribution in [2.24, 2.45) is 0 Å². The Morgan fingerprint density at radius 1 is 0.759 bits per heavy atom. The second-order valence-corrected chi connectivity index (χ2v) is 8.36. The van der Waals surface area contributed by atoms with Gasteiger partial charge in [0.2, 0.25) is 0 Å². The average molecular weight is 418 g/mol. The third-order valence-electron chi connectivity index (χ3n) is 5.98. The van der Waals surface area contributed by atoms with Crippen molar-refractivity contribution in [3.05, 3.63) is 69.8 Å². The van der Waals surface area contributed by atoms with E-state index in [-0.39, 0.29) is 6.61 Å². The molecule has 0 spiro atoms. The van der Waals surface area contributed by atoms with Gasteiger partial charge >= 0.3 is 8.60 Å². The van der Waals surface area contributed by atoms with Crippen LogP contribution in [-0.2, 0) is 35.7 Å². The summed E-state index contributed by atoms with van der Waals surface area (Å²) in [6.07, 6.45) is 3.62. The second kappa shape index (κ2) is 10.7. The molecule has 0 aromatic heterocycles. The lowest BCUT2D eigenvalue weighted by Gasteiger charge is -2.45. The molecule has 4 nitrogen and oxygen atoms in total. The summed E-state index contributed by atoms with van der Waals surface area (Å²) < 4.78 is 5.61. The first-order valence-electron chi connectivity index (χ1n) is 10.6. The van der Waals surface area contributed by atoms with Crippen LogP contribution < -0.4 is 0 Å². The van der Waals surface area contributed by atoms with Crippen LogP contribution in [0, 0.1) is 0 Å². The minimum atomic E-state index is -2.45. The molecule has 0 radical (unpaired) electrons. The summed E-state index contributed by atoms with van der Waals surface area (Å²) in [7, 11) is 1.68. The zero-order valence-corrected chi connectivity index (χ0v) is 19.6. The monoisotopic (exact) mass is 417 g/mol. The van der Waals surface area contributed by atoms with E-state index in [1.807, 2.05) is 0 Å². The van der Waals surface area contributed by atoms with E-state index < -0.39 is 14.1 Å². The Hall–Kier alpha value is -1.29. The second-order valence-electron chi connectivity index (χ2n) is 7.60. The van der Waals surface area contributed by atoms with Crippen molar-refractivity contribution in [2.75, 3.05) is 20.7 Å². The highest BCUT2D eigenvalue weighted by Gasteiger charge is 2.43. The van der Waals surface area contributed by atoms with E-state index in [9.17, 15) is 9.79 Å². The van der Waals surface area contributed by atoms with Gasteiger partial charge in [-0.1, -0.05) is 64.1 Å². The van der Waals surface area contributed by atoms with Crippen LogP contribution in [0.4, 0.5) is 0 Å². The Labute approximate surface area is 177 Å². The SMILES string of the molecule is CCc1cccc(CC)c1C(COP(O)O)(c1c(CC)cccc1CC)N(C)C. The van der Waals surface area contributed by atoms with Crippen molar-refractivity contribution in [3.8, 4) is 0 Å². The van der Waals surface area contributed by atoms with Crippen molar-refractivity contribution < 1.29 is 14.3 Å². The topological polar surface area (TPSA) is 52.9 Å². The highest BCUT2D eigenvalue weighted by molar-refractivity contribution is 7.39. The molecule has 2 N–H and O–H groups in total. The Morgan fingerprint density at radius 2 is 1.10 bits per heavy atom. The summed E-state index contributed by atoms with van der Waals surface area (Å²) in [4.78, 5) is 21.6. The van der Waals surface area contributed by atoms with Crippen molar-refractivity contribution in [2.45, 2.75) is 58.9 Å². The first-order valence-corrected chi connectivity index (χ1v) is 11.7.